The first kappa shape index (κ1) is 12.4. The largest absolute Gasteiger partial charge is 0.293 e. The summed E-state index contributed by atoms with van der Waals surface area (Å²) < 4.78 is 28.4. The van der Waals surface area contributed by atoms with Gasteiger partial charge in [0, 0.05) is 21.9 Å². The monoisotopic (exact) mass is 294 g/mol. The lowest BCUT2D eigenvalue weighted by molar-refractivity contribution is 0.0995. The van der Waals surface area contributed by atoms with Gasteiger partial charge in [0.1, 0.15) is 11.6 Å². The van der Waals surface area contributed by atoms with Crippen LogP contribution in [0.1, 0.15) is 15.2 Å². The minimum Gasteiger partial charge on any atom is -0.293 e. The van der Waals surface area contributed by atoms with E-state index in [1.807, 2.05) is 17.5 Å². The Morgan fingerprint density at radius 3 is 2.68 bits per heavy atom. The lowest BCUT2D eigenvalue weighted by Crippen LogP contribution is -2.03. The fourth-order valence-electron chi connectivity index (χ4n) is 1.83. The van der Waals surface area contributed by atoms with Crippen LogP contribution in [0.2, 0.25) is 0 Å². The quantitative estimate of drug-likeness (QED) is 0.642. The van der Waals surface area contributed by atoms with E-state index in [1.165, 1.54) is 23.5 Å². The van der Waals surface area contributed by atoms with Crippen molar-refractivity contribution in [3.8, 4) is 0 Å². The van der Waals surface area contributed by atoms with Crippen molar-refractivity contribution in [1.29, 1.82) is 0 Å². The lowest BCUT2D eigenvalue weighted by Gasteiger charge is -2.01. The van der Waals surface area contributed by atoms with Gasteiger partial charge in [-0.15, -0.1) is 22.7 Å². The molecule has 1 aromatic carbocycles. The molecule has 0 bridgehead atoms. The maximum atomic E-state index is 13.5. The molecule has 5 heteroatoms. The molecule has 0 spiro atoms. The third-order valence-corrected chi connectivity index (χ3v) is 4.91. The van der Waals surface area contributed by atoms with Crippen LogP contribution in [0.3, 0.4) is 0 Å². The van der Waals surface area contributed by atoms with Gasteiger partial charge in [-0.3, -0.25) is 4.79 Å². The molecule has 0 aliphatic heterocycles. The van der Waals surface area contributed by atoms with E-state index in [2.05, 4.69) is 0 Å². The minimum atomic E-state index is -0.674. The summed E-state index contributed by atoms with van der Waals surface area (Å²) in [5.41, 5.74) is 0.225. The highest BCUT2D eigenvalue weighted by Crippen LogP contribution is 2.30. The molecule has 2 aromatic heterocycles. The lowest BCUT2D eigenvalue weighted by atomic mass is 10.1. The van der Waals surface area contributed by atoms with Gasteiger partial charge in [0.05, 0.1) is 4.88 Å². The second kappa shape index (κ2) is 4.83. The molecule has 0 fully saturated rings. The fourth-order valence-corrected chi connectivity index (χ4v) is 3.87. The molecule has 3 rings (SSSR count). The number of fused-ring (bicyclic) bond motifs is 1. The van der Waals surface area contributed by atoms with Crippen LogP contribution in [0, 0.1) is 11.6 Å². The van der Waals surface area contributed by atoms with Gasteiger partial charge in [-0.2, -0.15) is 0 Å². The van der Waals surface area contributed by atoms with Gasteiger partial charge >= 0.3 is 0 Å². The first-order valence-electron chi connectivity index (χ1n) is 5.57. The zero-order valence-corrected chi connectivity index (χ0v) is 11.3. The zero-order valence-electron chi connectivity index (χ0n) is 9.65. The third-order valence-electron chi connectivity index (χ3n) is 2.78. The number of thiophene rings is 2. The summed E-state index contributed by atoms with van der Waals surface area (Å²) in [6.07, 6.45) is -0.0418. The average Bonchev–Trinajstić information content (AvgIpc) is 2.93. The van der Waals surface area contributed by atoms with E-state index < -0.39 is 11.6 Å². The van der Waals surface area contributed by atoms with E-state index in [4.69, 9.17) is 0 Å². The number of halogens is 2. The maximum absolute atomic E-state index is 13.5. The van der Waals surface area contributed by atoms with Crippen molar-refractivity contribution in [2.45, 2.75) is 6.42 Å². The van der Waals surface area contributed by atoms with E-state index in [-0.39, 0.29) is 17.8 Å². The summed E-state index contributed by atoms with van der Waals surface area (Å²) in [4.78, 5) is 12.7. The van der Waals surface area contributed by atoms with Crippen molar-refractivity contribution < 1.29 is 13.6 Å². The average molecular weight is 294 g/mol. The van der Waals surface area contributed by atoms with Crippen molar-refractivity contribution in [2.75, 3.05) is 0 Å². The topological polar surface area (TPSA) is 17.1 Å². The highest BCUT2D eigenvalue weighted by molar-refractivity contribution is 7.27. The standard InChI is InChI=1S/C14H8F2OS2/c15-9-2-1-8(10(16)6-9)5-11(17)13-7-14-12(19-13)3-4-18-14/h1-4,6-7H,5H2. The molecule has 1 nitrogen and oxygen atoms in total. The number of carbonyl (C=O) groups is 1. The Labute approximate surface area is 116 Å². The van der Waals surface area contributed by atoms with Gasteiger partial charge in [-0.05, 0) is 29.1 Å². The molecule has 0 unspecified atom stereocenters. The van der Waals surface area contributed by atoms with Crippen molar-refractivity contribution in [1.82, 2.24) is 0 Å². The van der Waals surface area contributed by atoms with Crippen molar-refractivity contribution >= 4 is 37.9 Å². The zero-order chi connectivity index (χ0) is 13.4. The number of rotatable bonds is 3. The summed E-state index contributed by atoms with van der Waals surface area (Å²) in [7, 11) is 0. The van der Waals surface area contributed by atoms with Crippen molar-refractivity contribution in [2.24, 2.45) is 0 Å². The molecule has 0 saturated heterocycles. The minimum absolute atomic E-state index is 0.0418. The molecule has 19 heavy (non-hydrogen) atoms. The Kier molecular flexibility index (Phi) is 3.16. The predicted octanol–water partition coefficient (Wildman–Crippen LogP) is 4.67. The van der Waals surface area contributed by atoms with E-state index in [9.17, 15) is 13.6 Å². The van der Waals surface area contributed by atoms with Crippen LogP contribution >= 0.6 is 22.7 Å². The molecular formula is C14H8F2OS2. The van der Waals surface area contributed by atoms with Gasteiger partial charge < -0.3 is 0 Å². The smallest absolute Gasteiger partial charge is 0.177 e. The van der Waals surface area contributed by atoms with Crippen LogP contribution in [0.5, 0.6) is 0 Å². The Bertz CT molecular complexity index is 729. The third kappa shape index (κ3) is 2.43. The van der Waals surface area contributed by atoms with Gasteiger partial charge in [0.2, 0.25) is 0 Å². The highest BCUT2D eigenvalue weighted by Gasteiger charge is 2.14. The molecule has 2 heterocycles. The van der Waals surface area contributed by atoms with E-state index in [0.717, 1.165) is 15.5 Å². The van der Waals surface area contributed by atoms with E-state index in [1.54, 1.807) is 11.3 Å². The molecule has 0 saturated carbocycles. The van der Waals surface area contributed by atoms with Gasteiger partial charge in [-0.1, -0.05) is 6.07 Å². The summed E-state index contributed by atoms with van der Waals surface area (Å²) in [6, 6.07) is 7.07. The van der Waals surface area contributed by atoms with Crippen molar-refractivity contribution in [3.05, 3.63) is 57.8 Å². The number of carbonyl (C=O) groups excluding carboxylic acids is 1. The summed E-state index contributed by atoms with van der Waals surface area (Å²) in [5, 5.41) is 1.97. The van der Waals surface area contributed by atoms with Crippen molar-refractivity contribution in [3.63, 3.8) is 0 Å². The van der Waals surface area contributed by atoms with Crippen LogP contribution in [0.25, 0.3) is 9.40 Å². The first-order valence-corrected chi connectivity index (χ1v) is 7.27. The molecular weight excluding hydrogens is 286 g/mol. The number of hydrogen-bond acceptors (Lipinski definition) is 3. The fraction of sp³-hybridized carbons (Fsp3) is 0.0714. The summed E-state index contributed by atoms with van der Waals surface area (Å²) in [5.74, 6) is -1.45. The SMILES string of the molecule is O=C(Cc1ccc(F)cc1F)c1cc2sccc2s1. The number of ketones is 1. The van der Waals surface area contributed by atoms with Crippen LogP contribution in [0.15, 0.2) is 35.7 Å². The van der Waals surface area contributed by atoms with Crippen LogP contribution in [0.4, 0.5) is 8.78 Å². The van der Waals surface area contributed by atoms with E-state index in [0.29, 0.717) is 4.88 Å². The van der Waals surface area contributed by atoms with Crippen LogP contribution in [-0.2, 0) is 6.42 Å². The molecule has 0 N–H and O–H groups in total. The molecule has 0 aliphatic carbocycles. The van der Waals surface area contributed by atoms with Gasteiger partial charge in [0.25, 0.3) is 0 Å². The predicted molar refractivity (Wildman–Crippen MR) is 74.1 cm³/mol. The van der Waals surface area contributed by atoms with E-state index >= 15 is 0 Å². The second-order valence-electron chi connectivity index (χ2n) is 4.10. The Hall–Kier alpha value is -1.59. The highest BCUT2D eigenvalue weighted by atomic mass is 32.1. The second-order valence-corrected chi connectivity index (χ2v) is 6.13. The molecule has 0 amide bonds. The summed E-state index contributed by atoms with van der Waals surface area (Å²) in [6.45, 7) is 0. The van der Waals surface area contributed by atoms with Crippen LogP contribution in [-0.4, -0.2) is 5.78 Å². The molecule has 3 aromatic rings. The normalized spacial score (nSPS) is 11.1. The first-order chi connectivity index (χ1) is 9.13. The molecule has 96 valence electrons. The maximum Gasteiger partial charge on any atom is 0.177 e. The Morgan fingerprint density at radius 1 is 1.11 bits per heavy atom. The molecule has 0 radical (unpaired) electrons. The number of benzene rings is 1. The van der Waals surface area contributed by atoms with Gasteiger partial charge in [0.15, 0.2) is 5.78 Å². The molecule has 0 aliphatic rings. The van der Waals surface area contributed by atoms with Crippen LogP contribution < -0.4 is 0 Å². The van der Waals surface area contributed by atoms with Gasteiger partial charge in [-0.25, -0.2) is 8.78 Å². The molecule has 0 atom stereocenters. The Balaban J connectivity index is 1.86. The Morgan fingerprint density at radius 2 is 1.95 bits per heavy atom. The number of Topliss-reactive ketones (excluding diaryl/α,β-unsaturated/α-hetero) is 1. The number of hydrogen-bond donors (Lipinski definition) is 0. The summed E-state index contributed by atoms with van der Waals surface area (Å²) >= 11 is 2.98.